The van der Waals surface area contributed by atoms with Crippen LogP contribution in [-0.2, 0) is 18.3 Å². The Bertz CT molecular complexity index is 157. The fourth-order valence-corrected chi connectivity index (χ4v) is 1.58. The van der Waals surface area contributed by atoms with Gasteiger partial charge in [0.15, 0.2) is 0 Å². The number of ether oxygens (including phenoxy) is 1. The van der Waals surface area contributed by atoms with Crippen molar-refractivity contribution in [3.8, 4) is 0 Å². The van der Waals surface area contributed by atoms with E-state index in [2.05, 4.69) is 9.05 Å². The van der Waals surface area contributed by atoms with Crippen molar-refractivity contribution in [3.63, 3.8) is 0 Å². The SMILES string of the molecule is O=P1(O)OCCCCOCCO1. The smallest absolute Gasteiger partial charge is 0.379 e. The first-order valence-electron chi connectivity index (χ1n) is 3.90. The third kappa shape index (κ3) is 4.18. The molecule has 0 spiro atoms. The van der Waals surface area contributed by atoms with E-state index < -0.39 is 7.82 Å². The fraction of sp³-hybridized carbons (Fsp3) is 1.00. The van der Waals surface area contributed by atoms with Crippen molar-refractivity contribution in [1.82, 2.24) is 0 Å². The highest BCUT2D eigenvalue weighted by molar-refractivity contribution is 7.47. The molecular weight excluding hydrogens is 183 g/mol. The molecule has 72 valence electrons. The molecule has 1 aliphatic heterocycles. The maximum absolute atomic E-state index is 10.9. The summed E-state index contributed by atoms with van der Waals surface area (Å²) < 4.78 is 25.2. The van der Waals surface area contributed by atoms with Crippen LogP contribution in [0.25, 0.3) is 0 Å². The van der Waals surface area contributed by atoms with E-state index in [4.69, 9.17) is 9.63 Å². The Hall–Kier alpha value is 0.0700. The molecule has 1 N–H and O–H groups in total. The van der Waals surface area contributed by atoms with Crippen molar-refractivity contribution in [3.05, 3.63) is 0 Å². The van der Waals surface area contributed by atoms with Gasteiger partial charge in [-0.15, -0.1) is 0 Å². The first kappa shape index (κ1) is 10.2. The Balaban J connectivity index is 2.32. The van der Waals surface area contributed by atoms with E-state index in [1.54, 1.807) is 0 Å². The molecule has 0 aromatic heterocycles. The van der Waals surface area contributed by atoms with Gasteiger partial charge < -0.3 is 9.63 Å². The second-order valence-electron chi connectivity index (χ2n) is 2.45. The Morgan fingerprint density at radius 2 is 1.67 bits per heavy atom. The van der Waals surface area contributed by atoms with Crippen molar-refractivity contribution >= 4 is 7.82 Å². The van der Waals surface area contributed by atoms with E-state index in [9.17, 15) is 4.57 Å². The van der Waals surface area contributed by atoms with Crippen LogP contribution in [0.1, 0.15) is 12.8 Å². The van der Waals surface area contributed by atoms with E-state index in [1.807, 2.05) is 0 Å². The molecule has 5 nitrogen and oxygen atoms in total. The van der Waals surface area contributed by atoms with Gasteiger partial charge in [0.1, 0.15) is 0 Å². The normalized spacial score (nSPS) is 34.4. The Morgan fingerprint density at radius 3 is 2.50 bits per heavy atom. The monoisotopic (exact) mass is 196 g/mol. The number of phosphoric ester groups is 1. The summed E-state index contributed by atoms with van der Waals surface area (Å²) in [6, 6.07) is 0. The molecule has 0 aromatic carbocycles. The fourth-order valence-electron chi connectivity index (χ4n) is 0.837. The molecule has 0 amide bonds. The lowest BCUT2D eigenvalue weighted by atomic mass is 10.3. The van der Waals surface area contributed by atoms with Crippen molar-refractivity contribution < 1.29 is 23.2 Å². The zero-order valence-corrected chi connectivity index (χ0v) is 7.66. The predicted molar refractivity (Wildman–Crippen MR) is 41.8 cm³/mol. The largest absolute Gasteiger partial charge is 0.472 e. The maximum atomic E-state index is 10.9. The van der Waals surface area contributed by atoms with Crippen LogP contribution < -0.4 is 0 Å². The van der Waals surface area contributed by atoms with Gasteiger partial charge in [-0.05, 0) is 12.8 Å². The van der Waals surface area contributed by atoms with Gasteiger partial charge in [0.25, 0.3) is 0 Å². The lowest BCUT2D eigenvalue weighted by Gasteiger charge is -2.14. The average Bonchev–Trinajstić information content (AvgIpc) is 2.02. The van der Waals surface area contributed by atoms with Crippen molar-refractivity contribution in [2.45, 2.75) is 12.8 Å². The summed E-state index contributed by atoms with van der Waals surface area (Å²) >= 11 is 0. The average molecular weight is 196 g/mol. The molecular formula is C6H13O5P. The lowest BCUT2D eigenvalue weighted by Crippen LogP contribution is -2.08. The minimum atomic E-state index is -3.78. The van der Waals surface area contributed by atoms with Crippen LogP contribution in [0.5, 0.6) is 0 Å². The van der Waals surface area contributed by atoms with Crippen LogP contribution in [0.3, 0.4) is 0 Å². The zero-order valence-electron chi connectivity index (χ0n) is 6.77. The van der Waals surface area contributed by atoms with Gasteiger partial charge >= 0.3 is 7.82 Å². The van der Waals surface area contributed by atoms with Gasteiger partial charge in [-0.3, -0.25) is 9.05 Å². The number of hydrogen-bond acceptors (Lipinski definition) is 4. The standard InChI is InChI=1S/C6H13O5P/c7-12(8)10-4-2-1-3-9-5-6-11-12/h1-6H2,(H,7,8). The third-order valence-corrected chi connectivity index (χ3v) is 2.44. The van der Waals surface area contributed by atoms with E-state index in [1.165, 1.54) is 0 Å². The van der Waals surface area contributed by atoms with Gasteiger partial charge in [-0.1, -0.05) is 0 Å². The maximum Gasteiger partial charge on any atom is 0.472 e. The van der Waals surface area contributed by atoms with E-state index in [0.717, 1.165) is 6.42 Å². The summed E-state index contributed by atoms with van der Waals surface area (Å²) in [4.78, 5) is 8.95. The minimum absolute atomic E-state index is 0.105. The first-order valence-corrected chi connectivity index (χ1v) is 5.40. The molecule has 12 heavy (non-hydrogen) atoms. The van der Waals surface area contributed by atoms with E-state index in [0.29, 0.717) is 19.6 Å². The minimum Gasteiger partial charge on any atom is -0.379 e. The summed E-state index contributed by atoms with van der Waals surface area (Å²) in [5.74, 6) is 0. The van der Waals surface area contributed by atoms with Crippen molar-refractivity contribution in [2.75, 3.05) is 26.4 Å². The second-order valence-corrected chi connectivity index (χ2v) is 3.91. The molecule has 0 bridgehead atoms. The number of hydrogen-bond donors (Lipinski definition) is 1. The molecule has 1 aliphatic rings. The topological polar surface area (TPSA) is 65.0 Å². The van der Waals surface area contributed by atoms with E-state index >= 15 is 0 Å². The van der Waals surface area contributed by atoms with Crippen LogP contribution in [0.2, 0.25) is 0 Å². The predicted octanol–water partition coefficient (Wildman–Crippen LogP) is 0.930. The van der Waals surface area contributed by atoms with E-state index in [-0.39, 0.29) is 13.2 Å². The first-order chi connectivity index (χ1) is 5.71. The van der Waals surface area contributed by atoms with Crippen molar-refractivity contribution in [2.24, 2.45) is 0 Å². The Kier molecular flexibility index (Phi) is 4.18. The highest BCUT2D eigenvalue weighted by atomic mass is 31.2. The zero-order chi connectivity index (χ0) is 8.86. The van der Waals surface area contributed by atoms with Gasteiger partial charge in [0.05, 0.1) is 19.8 Å². The molecule has 1 unspecified atom stereocenters. The molecule has 1 saturated heterocycles. The van der Waals surface area contributed by atoms with Crippen molar-refractivity contribution in [1.29, 1.82) is 0 Å². The molecule has 1 fully saturated rings. The molecule has 1 atom stereocenters. The molecule has 1 heterocycles. The van der Waals surface area contributed by atoms with Gasteiger partial charge in [-0.25, -0.2) is 4.57 Å². The van der Waals surface area contributed by atoms with Crippen LogP contribution in [0.4, 0.5) is 0 Å². The molecule has 6 heteroatoms. The van der Waals surface area contributed by atoms with Crippen LogP contribution in [0.15, 0.2) is 0 Å². The molecule has 0 aromatic rings. The lowest BCUT2D eigenvalue weighted by molar-refractivity contribution is 0.0609. The van der Waals surface area contributed by atoms with Gasteiger partial charge in [-0.2, -0.15) is 0 Å². The summed E-state index contributed by atoms with van der Waals surface area (Å²) in [7, 11) is -3.78. The molecule has 0 aliphatic carbocycles. The molecule has 1 rings (SSSR count). The summed E-state index contributed by atoms with van der Waals surface area (Å²) in [5.41, 5.74) is 0. The quantitative estimate of drug-likeness (QED) is 0.584. The highest BCUT2D eigenvalue weighted by Gasteiger charge is 2.20. The third-order valence-electron chi connectivity index (χ3n) is 1.42. The summed E-state index contributed by atoms with van der Waals surface area (Å²) in [6.07, 6.45) is 1.56. The van der Waals surface area contributed by atoms with Crippen LogP contribution in [-0.4, -0.2) is 31.3 Å². The van der Waals surface area contributed by atoms with Gasteiger partial charge in [0, 0.05) is 6.61 Å². The highest BCUT2D eigenvalue weighted by Crippen LogP contribution is 2.43. The van der Waals surface area contributed by atoms with Gasteiger partial charge in [0.2, 0.25) is 0 Å². The Labute approximate surface area is 71.2 Å². The molecule has 0 radical (unpaired) electrons. The Morgan fingerprint density at radius 1 is 1.00 bits per heavy atom. The van der Waals surface area contributed by atoms with Crippen LogP contribution in [0, 0.1) is 0 Å². The summed E-state index contributed by atoms with van der Waals surface area (Å²) in [5, 5.41) is 0. The second kappa shape index (κ2) is 4.94. The molecule has 0 saturated carbocycles. The number of phosphoric acid groups is 1. The summed E-state index contributed by atoms with van der Waals surface area (Å²) in [6.45, 7) is 1.35. The number of rotatable bonds is 0. The van der Waals surface area contributed by atoms with Crippen LogP contribution >= 0.6 is 7.82 Å².